The minimum absolute atomic E-state index is 0.0737. The molecule has 0 fully saturated rings. The number of hydrogen-bond acceptors (Lipinski definition) is 2. The topological polar surface area (TPSA) is 12.0 Å². The number of nitrogens with one attached hydrogen (secondary N) is 1. The molecular weight excluding hydrogens is 271 g/mol. The molecule has 1 nitrogen and oxygen atoms in total. The zero-order valence-corrected chi connectivity index (χ0v) is 12.1. The molecule has 0 spiro atoms. The van der Waals surface area contributed by atoms with Crippen LogP contribution in [0.3, 0.4) is 0 Å². The Morgan fingerprint density at radius 2 is 2.05 bits per heavy atom. The highest BCUT2D eigenvalue weighted by Gasteiger charge is 2.28. The third-order valence-corrected chi connectivity index (χ3v) is 3.66. The van der Waals surface area contributed by atoms with E-state index in [1.54, 1.807) is 0 Å². The van der Waals surface area contributed by atoms with Crippen molar-refractivity contribution in [2.75, 3.05) is 19.3 Å². The smallest absolute Gasteiger partial charge is 0.319 e. The van der Waals surface area contributed by atoms with Crippen LogP contribution in [0, 0.1) is 12.8 Å². The Kier molecular flexibility index (Phi) is 6.72. The van der Waals surface area contributed by atoms with Gasteiger partial charge >= 0.3 is 5.51 Å². The maximum absolute atomic E-state index is 12.1. The van der Waals surface area contributed by atoms with Gasteiger partial charge in [0.2, 0.25) is 0 Å². The fraction of sp³-hybridized carbons (Fsp3) is 0.571. The first-order chi connectivity index (χ1) is 8.90. The minimum atomic E-state index is -4.12. The third kappa shape index (κ3) is 7.47. The SMILES string of the molecule is CNCC(CCSC(F)(F)F)Cc1cccc(C)c1. The molecule has 1 N–H and O–H groups in total. The summed E-state index contributed by atoms with van der Waals surface area (Å²) >= 11 is 0.0737. The van der Waals surface area contributed by atoms with Gasteiger partial charge in [0.1, 0.15) is 0 Å². The van der Waals surface area contributed by atoms with Gasteiger partial charge in [-0.25, -0.2) is 0 Å². The van der Waals surface area contributed by atoms with Gasteiger partial charge in [-0.2, -0.15) is 13.2 Å². The van der Waals surface area contributed by atoms with Crippen LogP contribution in [0.5, 0.6) is 0 Å². The van der Waals surface area contributed by atoms with Gasteiger partial charge in [0.15, 0.2) is 0 Å². The van der Waals surface area contributed by atoms with Crippen molar-refractivity contribution in [3.05, 3.63) is 35.4 Å². The number of thioether (sulfide) groups is 1. The Bertz CT molecular complexity index is 379. The van der Waals surface area contributed by atoms with Gasteiger partial charge in [-0.3, -0.25) is 0 Å². The number of aryl methyl sites for hydroxylation is 1. The molecule has 1 aromatic carbocycles. The molecule has 0 aliphatic heterocycles. The molecule has 1 unspecified atom stereocenters. The number of rotatable bonds is 7. The second-order valence-electron chi connectivity index (χ2n) is 4.70. The Morgan fingerprint density at radius 3 is 2.63 bits per heavy atom. The highest BCUT2D eigenvalue weighted by atomic mass is 32.2. The standard InChI is InChI=1S/C14H20F3NS/c1-11-4-3-5-12(8-11)9-13(10-18-2)6-7-19-14(15,16)17/h3-5,8,13,18H,6-7,9-10H2,1-2H3. The van der Waals surface area contributed by atoms with Crippen LogP contribution in [0.25, 0.3) is 0 Å². The number of alkyl halides is 3. The Balaban J connectivity index is 2.48. The molecule has 0 saturated carbocycles. The average Bonchev–Trinajstić information content (AvgIpc) is 2.27. The van der Waals surface area contributed by atoms with E-state index in [4.69, 9.17) is 0 Å². The minimum Gasteiger partial charge on any atom is -0.319 e. The first-order valence-corrected chi connectivity index (χ1v) is 7.30. The fourth-order valence-corrected chi connectivity index (χ4v) is 2.76. The first kappa shape index (κ1) is 16.4. The summed E-state index contributed by atoms with van der Waals surface area (Å²) in [6.45, 7) is 2.77. The van der Waals surface area contributed by atoms with Crippen molar-refractivity contribution >= 4 is 11.8 Å². The van der Waals surface area contributed by atoms with E-state index in [-0.39, 0.29) is 23.4 Å². The predicted octanol–water partition coefficient (Wildman–Crippen LogP) is 4.02. The summed E-state index contributed by atoms with van der Waals surface area (Å²) < 4.78 is 36.4. The molecule has 0 saturated heterocycles. The lowest BCUT2D eigenvalue weighted by atomic mass is 9.96. The first-order valence-electron chi connectivity index (χ1n) is 6.31. The quantitative estimate of drug-likeness (QED) is 0.814. The molecule has 0 amide bonds. The molecule has 0 bridgehead atoms. The lowest BCUT2D eigenvalue weighted by Gasteiger charge is -2.17. The van der Waals surface area contributed by atoms with Crippen molar-refractivity contribution in [1.29, 1.82) is 0 Å². The van der Waals surface area contributed by atoms with Crippen LogP contribution in [0.2, 0.25) is 0 Å². The maximum Gasteiger partial charge on any atom is 0.441 e. The van der Waals surface area contributed by atoms with Crippen LogP contribution in [0.4, 0.5) is 13.2 Å². The van der Waals surface area contributed by atoms with Crippen LogP contribution in [0.1, 0.15) is 17.5 Å². The van der Waals surface area contributed by atoms with Crippen LogP contribution in [-0.4, -0.2) is 24.9 Å². The molecule has 0 aliphatic carbocycles. The van der Waals surface area contributed by atoms with Crippen LogP contribution in [-0.2, 0) is 6.42 Å². The number of benzene rings is 1. The van der Waals surface area contributed by atoms with E-state index in [9.17, 15) is 13.2 Å². The van der Waals surface area contributed by atoms with Gasteiger partial charge in [-0.15, -0.1) is 0 Å². The van der Waals surface area contributed by atoms with Crippen molar-refractivity contribution in [1.82, 2.24) is 5.32 Å². The molecule has 0 radical (unpaired) electrons. The average molecular weight is 291 g/mol. The molecule has 108 valence electrons. The van der Waals surface area contributed by atoms with E-state index >= 15 is 0 Å². The number of hydrogen-bond donors (Lipinski definition) is 1. The molecule has 1 rings (SSSR count). The summed E-state index contributed by atoms with van der Waals surface area (Å²) in [6, 6.07) is 8.15. The van der Waals surface area contributed by atoms with Crippen molar-refractivity contribution in [3.8, 4) is 0 Å². The Morgan fingerprint density at radius 1 is 1.32 bits per heavy atom. The summed E-state index contributed by atoms with van der Waals surface area (Å²) in [5, 5.41) is 3.06. The third-order valence-electron chi connectivity index (χ3n) is 2.89. The van der Waals surface area contributed by atoms with Gasteiger partial charge in [-0.1, -0.05) is 41.6 Å². The van der Waals surface area contributed by atoms with Crippen LogP contribution >= 0.6 is 11.8 Å². The lowest BCUT2D eigenvalue weighted by Crippen LogP contribution is -2.22. The summed E-state index contributed by atoms with van der Waals surface area (Å²) in [5.41, 5.74) is -1.74. The Hall–Kier alpha value is -0.680. The summed E-state index contributed by atoms with van der Waals surface area (Å²) in [6.07, 6.45) is 1.39. The highest BCUT2D eigenvalue weighted by molar-refractivity contribution is 8.00. The normalized spacial score (nSPS) is 13.5. The summed E-state index contributed by atoms with van der Waals surface area (Å²) in [4.78, 5) is 0. The van der Waals surface area contributed by atoms with Crippen molar-refractivity contribution in [2.45, 2.75) is 25.3 Å². The van der Waals surface area contributed by atoms with E-state index in [1.807, 2.05) is 32.2 Å². The molecule has 5 heteroatoms. The highest BCUT2D eigenvalue weighted by Crippen LogP contribution is 2.31. The van der Waals surface area contributed by atoms with Crippen LogP contribution < -0.4 is 5.32 Å². The maximum atomic E-state index is 12.1. The lowest BCUT2D eigenvalue weighted by molar-refractivity contribution is -0.0328. The second-order valence-corrected chi connectivity index (χ2v) is 5.86. The molecule has 0 aliphatic rings. The van der Waals surface area contributed by atoms with Crippen molar-refractivity contribution in [2.24, 2.45) is 5.92 Å². The predicted molar refractivity (Wildman–Crippen MR) is 75.4 cm³/mol. The zero-order chi connectivity index (χ0) is 14.3. The molecule has 0 aromatic heterocycles. The van der Waals surface area contributed by atoms with Crippen molar-refractivity contribution < 1.29 is 13.2 Å². The monoisotopic (exact) mass is 291 g/mol. The summed E-state index contributed by atoms with van der Waals surface area (Å²) in [7, 11) is 1.83. The fourth-order valence-electron chi connectivity index (χ4n) is 2.08. The van der Waals surface area contributed by atoms with E-state index in [2.05, 4.69) is 11.4 Å². The summed E-state index contributed by atoms with van der Waals surface area (Å²) in [5.74, 6) is 0.364. The van der Waals surface area contributed by atoms with Gasteiger partial charge in [-0.05, 0) is 44.8 Å². The Labute approximate surface area is 117 Å². The van der Waals surface area contributed by atoms with Crippen LogP contribution in [0.15, 0.2) is 24.3 Å². The van der Waals surface area contributed by atoms with Gasteiger partial charge < -0.3 is 5.32 Å². The van der Waals surface area contributed by atoms with E-state index in [0.29, 0.717) is 6.42 Å². The van der Waals surface area contributed by atoms with Gasteiger partial charge in [0.05, 0.1) is 0 Å². The van der Waals surface area contributed by atoms with E-state index < -0.39 is 5.51 Å². The molecule has 1 aromatic rings. The van der Waals surface area contributed by atoms with E-state index in [0.717, 1.165) is 13.0 Å². The number of halogens is 3. The van der Waals surface area contributed by atoms with Crippen molar-refractivity contribution in [3.63, 3.8) is 0 Å². The largest absolute Gasteiger partial charge is 0.441 e. The second kappa shape index (κ2) is 7.80. The van der Waals surface area contributed by atoms with E-state index in [1.165, 1.54) is 11.1 Å². The zero-order valence-electron chi connectivity index (χ0n) is 11.3. The van der Waals surface area contributed by atoms with Gasteiger partial charge in [0, 0.05) is 5.75 Å². The van der Waals surface area contributed by atoms with Gasteiger partial charge in [0.25, 0.3) is 0 Å². The molecular formula is C14H20F3NS. The molecule has 0 heterocycles. The molecule has 1 atom stereocenters. The molecule has 19 heavy (non-hydrogen) atoms.